The second-order valence-electron chi connectivity index (χ2n) is 5.21. The summed E-state index contributed by atoms with van der Waals surface area (Å²) in [7, 11) is 0. The van der Waals surface area contributed by atoms with E-state index in [9.17, 15) is 9.59 Å². The number of rotatable bonds is 6. The van der Waals surface area contributed by atoms with Gasteiger partial charge in [0.15, 0.2) is 12.7 Å². The molecule has 2 heterocycles. The summed E-state index contributed by atoms with van der Waals surface area (Å²) in [4.78, 5) is 25.2. The molecular weight excluding hydrogens is 278 g/mol. The quantitative estimate of drug-likeness (QED) is 0.642. The Morgan fingerprint density at radius 2 is 2.05 bits per heavy atom. The van der Waals surface area contributed by atoms with Gasteiger partial charge in [-0.1, -0.05) is 0 Å². The Morgan fingerprint density at radius 3 is 2.71 bits per heavy atom. The van der Waals surface area contributed by atoms with Crippen LogP contribution in [-0.4, -0.2) is 75.1 Å². The molecule has 0 aromatic heterocycles. The van der Waals surface area contributed by atoms with Crippen LogP contribution in [-0.2, 0) is 28.5 Å². The van der Waals surface area contributed by atoms with Crippen LogP contribution in [0.2, 0.25) is 0 Å². The van der Waals surface area contributed by atoms with E-state index in [-0.39, 0.29) is 18.6 Å². The third-order valence-electron chi connectivity index (χ3n) is 3.59. The van der Waals surface area contributed by atoms with Crippen molar-refractivity contribution in [2.45, 2.75) is 32.0 Å². The van der Waals surface area contributed by atoms with Gasteiger partial charge in [0.25, 0.3) is 5.91 Å². The molecule has 120 valence electrons. The molecule has 0 aromatic carbocycles. The molecule has 7 heteroatoms. The molecular formula is C14H23NO6. The number of carbonyl (C=O) groups is 2. The highest BCUT2D eigenvalue weighted by molar-refractivity contribution is 5.82. The van der Waals surface area contributed by atoms with E-state index in [0.717, 1.165) is 19.4 Å². The molecule has 0 bridgehead atoms. The smallest absolute Gasteiger partial charge is 0.335 e. The number of hydrogen-bond donors (Lipinski definition) is 0. The Balaban J connectivity index is 1.62. The van der Waals surface area contributed by atoms with E-state index in [2.05, 4.69) is 0 Å². The van der Waals surface area contributed by atoms with Crippen LogP contribution in [0.4, 0.5) is 0 Å². The number of nitrogens with zero attached hydrogens (tertiary/aromatic N) is 1. The fourth-order valence-corrected chi connectivity index (χ4v) is 2.25. The first kappa shape index (κ1) is 16.2. The molecule has 2 fully saturated rings. The van der Waals surface area contributed by atoms with E-state index in [1.807, 2.05) is 0 Å². The molecule has 2 rings (SSSR count). The van der Waals surface area contributed by atoms with Crippen LogP contribution in [0.1, 0.15) is 19.8 Å². The van der Waals surface area contributed by atoms with Crippen molar-refractivity contribution < 1.29 is 28.5 Å². The molecule has 2 unspecified atom stereocenters. The average Bonchev–Trinajstić information content (AvgIpc) is 3.04. The molecule has 2 aliphatic rings. The van der Waals surface area contributed by atoms with Gasteiger partial charge in [-0.05, 0) is 19.8 Å². The van der Waals surface area contributed by atoms with Gasteiger partial charge in [0.05, 0.1) is 25.9 Å². The highest BCUT2D eigenvalue weighted by atomic mass is 16.6. The molecule has 2 aliphatic heterocycles. The van der Waals surface area contributed by atoms with Gasteiger partial charge in [0.2, 0.25) is 0 Å². The van der Waals surface area contributed by atoms with Crippen molar-refractivity contribution in [3.05, 3.63) is 0 Å². The summed E-state index contributed by atoms with van der Waals surface area (Å²) in [5, 5.41) is 0. The monoisotopic (exact) mass is 301 g/mol. The van der Waals surface area contributed by atoms with Gasteiger partial charge in [0.1, 0.15) is 0 Å². The van der Waals surface area contributed by atoms with Gasteiger partial charge in [0, 0.05) is 19.7 Å². The van der Waals surface area contributed by atoms with Crippen molar-refractivity contribution in [1.29, 1.82) is 0 Å². The van der Waals surface area contributed by atoms with Crippen molar-refractivity contribution >= 4 is 11.9 Å². The van der Waals surface area contributed by atoms with Crippen LogP contribution in [0.5, 0.6) is 0 Å². The third-order valence-corrected chi connectivity index (χ3v) is 3.59. The molecule has 0 spiro atoms. The van der Waals surface area contributed by atoms with Gasteiger partial charge in [-0.25, -0.2) is 4.79 Å². The van der Waals surface area contributed by atoms with Crippen LogP contribution in [0.15, 0.2) is 0 Å². The van der Waals surface area contributed by atoms with Gasteiger partial charge >= 0.3 is 5.97 Å². The molecule has 21 heavy (non-hydrogen) atoms. The predicted octanol–water partition coefficient (Wildman–Crippen LogP) is -0.0275. The second kappa shape index (κ2) is 8.31. The van der Waals surface area contributed by atoms with Gasteiger partial charge in [-0.3, -0.25) is 4.79 Å². The molecule has 0 N–H and O–H groups in total. The van der Waals surface area contributed by atoms with Crippen LogP contribution >= 0.6 is 0 Å². The Kier molecular flexibility index (Phi) is 6.41. The summed E-state index contributed by atoms with van der Waals surface area (Å²) in [6.45, 7) is 4.65. The molecule has 7 nitrogen and oxygen atoms in total. The second-order valence-corrected chi connectivity index (χ2v) is 5.21. The van der Waals surface area contributed by atoms with Crippen molar-refractivity contribution in [2.75, 3.05) is 46.1 Å². The molecule has 0 aromatic rings. The first-order chi connectivity index (χ1) is 10.2. The fraction of sp³-hybridized carbons (Fsp3) is 0.857. The first-order valence-corrected chi connectivity index (χ1v) is 7.42. The highest BCUT2D eigenvalue weighted by Crippen LogP contribution is 2.13. The Hall–Kier alpha value is -1.18. The predicted molar refractivity (Wildman–Crippen MR) is 72.7 cm³/mol. The largest absolute Gasteiger partial charge is 0.454 e. The molecule has 0 radical (unpaired) electrons. The lowest BCUT2D eigenvalue weighted by Gasteiger charge is -2.26. The fourth-order valence-electron chi connectivity index (χ4n) is 2.25. The Morgan fingerprint density at radius 1 is 1.29 bits per heavy atom. The number of hydrogen-bond acceptors (Lipinski definition) is 6. The Bertz CT molecular complexity index is 349. The van der Waals surface area contributed by atoms with Gasteiger partial charge < -0.3 is 23.8 Å². The highest BCUT2D eigenvalue weighted by Gasteiger charge is 2.23. The standard InChI is InChI=1S/C14H23NO6/c1-11(20-9-12-3-2-6-19-12)14(17)21-10-13(16)15-4-7-18-8-5-15/h11-12H,2-10H2,1H3. The first-order valence-electron chi connectivity index (χ1n) is 7.42. The maximum Gasteiger partial charge on any atom is 0.335 e. The van der Waals surface area contributed by atoms with Crippen molar-refractivity contribution in [1.82, 2.24) is 4.90 Å². The summed E-state index contributed by atoms with van der Waals surface area (Å²) in [5.41, 5.74) is 0. The number of morpholine rings is 1. The topological polar surface area (TPSA) is 74.3 Å². The molecule has 0 saturated carbocycles. The third kappa shape index (κ3) is 5.26. The van der Waals surface area contributed by atoms with E-state index in [4.69, 9.17) is 18.9 Å². The van der Waals surface area contributed by atoms with Crippen molar-refractivity contribution in [3.8, 4) is 0 Å². The zero-order valence-corrected chi connectivity index (χ0v) is 12.4. The van der Waals surface area contributed by atoms with E-state index in [0.29, 0.717) is 32.9 Å². The minimum absolute atomic E-state index is 0.0650. The van der Waals surface area contributed by atoms with E-state index in [1.165, 1.54) is 0 Å². The summed E-state index contributed by atoms with van der Waals surface area (Å²) < 4.78 is 21.0. The zero-order chi connectivity index (χ0) is 15.1. The van der Waals surface area contributed by atoms with Gasteiger partial charge in [-0.2, -0.15) is 0 Å². The molecule has 2 atom stereocenters. The maximum absolute atomic E-state index is 11.8. The van der Waals surface area contributed by atoms with Crippen LogP contribution < -0.4 is 0 Å². The average molecular weight is 301 g/mol. The molecule has 0 aliphatic carbocycles. The molecule has 1 amide bonds. The lowest BCUT2D eigenvalue weighted by Crippen LogP contribution is -2.43. The number of ether oxygens (including phenoxy) is 4. The van der Waals surface area contributed by atoms with Crippen molar-refractivity contribution in [2.24, 2.45) is 0 Å². The number of carbonyl (C=O) groups excluding carboxylic acids is 2. The van der Waals surface area contributed by atoms with Crippen LogP contribution in [0.3, 0.4) is 0 Å². The van der Waals surface area contributed by atoms with Crippen LogP contribution in [0.25, 0.3) is 0 Å². The minimum atomic E-state index is -0.688. The summed E-state index contributed by atoms with van der Waals surface area (Å²) >= 11 is 0. The lowest BCUT2D eigenvalue weighted by atomic mass is 10.2. The summed E-state index contributed by atoms with van der Waals surface area (Å²) in [5.74, 6) is -0.715. The zero-order valence-electron chi connectivity index (χ0n) is 12.4. The van der Waals surface area contributed by atoms with E-state index in [1.54, 1.807) is 11.8 Å². The minimum Gasteiger partial charge on any atom is -0.454 e. The number of amides is 1. The SMILES string of the molecule is CC(OCC1CCCO1)C(=O)OCC(=O)N1CCOCC1. The molecule has 2 saturated heterocycles. The lowest BCUT2D eigenvalue weighted by molar-refractivity contribution is -0.163. The van der Waals surface area contributed by atoms with Crippen molar-refractivity contribution in [3.63, 3.8) is 0 Å². The summed E-state index contributed by atoms with van der Waals surface area (Å²) in [6.07, 6.45) is 1.36. The maximum atomic E-state index is 11.8. The summed E-state index contributed by atoms with van der Waals surface area (Å²) in [6, 6.07) is 0. The number of esters is 1. The normalized spacial score (nSPS) is 23.9. The van der Waals surface area contributed by atoms with Gasteiger partial charge in [-0.15, -0.1) is 0 Å². The van der Waals surface area contributed by atoms with Crippen LogP contribution in [0, 0.1) is 0 Å². The Labute approximate surface area is 124 Å². The van der Waals surface area contributed by atoms with E-state index < -0.39 is 12.1 Å². The van der Waals surface area contributed by atoms with E-state index >= 15 is 0 Å².